The van der Waals surface area contributed by atoms with E-state index < -0.39 is 5.41 Å². The molecule has 0 radical (unpaired) electrons. The Bertz CT molecular complexity index is 1410. The van der Waals surface area contributed by atoms with Gasteiger partial charge in [0.2, 0.25) is 11.8 Å². The maximum atomic E-state index is 14.1. The largest absolute Gasteiger partial charge is 0.493 e. The van der Waals surface area contributed by atoms with Crippen molar-refractivity contribution in [1.82, 2.24) is 26.3 Å². The highest BCUT2D eigenvalue weighted by Crippen LogP contribution is 2.43. The zero-order valence-electron chi connectivity index (χ0n) is 25.4. The fourth-order valence-electron chi connectivity index (χ4n) is 5.66. The molecule has 0 saturated heterocycles. The van der Waals surface area contributed by atoms with E-state index in [0.29, 0.717) is 69.3 Å². The molecule has 1 aromatic heterocycles. The lowest BCUT2D eigenvalue weighted by molar-refractivity contribution is -0.132. The number of methoxy groups -OCH3 is 1. The van der Waals surface area contributed by atoms with Crippen LogP contribution in [0.15, 0.2) is 42.5 Å². The van der Waals surface area contributed by atoms with Crippen LogP contribution in [-0.2, 0) is 27.2 Å². The van der Waals surface area contributed by atoms with Gasteiger partial charge < -0.3 is 30.7 Å². The third-order valence-electron chi connectivity index (χ3n) is 8.18. The van der Waals surface area contributed by atoms with Crippen LogP contribution in [0, 0.1) is 11.3 Å². The van der Waals surface area contributed by atoms with E-state index in [1.165, 1.54) is 4.70 Å². The van der Waals surface area contributed by atoms with Crippen LogP contribution < -0.4 is 30.7 Å². The van der Waals surface area contributed by atoms with Crippen LogP contribution in [-0.4, -0.2) is 69.1 Å². The van der Waals surface area contributed by atoms with Crippen molar-refractivity contribution in [3.05, 3.63) is 53.0 Å². The monoisotopic (exact) mass is 621 g/mol. The molecule has 11 heteroatoms. The van der Waals surface area contributed by atoms with E-state index in [0.717, 1.165) is 41.8 Å². The second-order valence-electron chi connectivity index (χ2n) is 11.8. The number of ether oxygens (including phenoxy) is 2. The van der Waals surface area contributed by atoms with Crippen molar-refractivity contribution < 1.29 is 23.9 Å². The van der Waals surface area contributed by atoms with Gasteiger partial charge in [0.1, 0.15) is 0 Å². The van der Waals surface area contributed by atoms with Gasteiger partial charge in [-0.1, -0.05) is 31.0 Å². The number of nitrogens with zero attached hydrogens (tertiary/aromatic N) is 1. The summed E-state index contributed by atoms with van der Waals surface area (Å²) in [6.45, 7) is 2.35. The van der Waals surface area contributed by atoms with Crippen LogP contribution in [0.5, 0.6) is 11.5 Å². The fourth-order valence-corrected chi connectivity index (χ4v) is 6.67. The summed E-state index contributed by atoms with van der Waals surface area (Å²) in [5.74, 6) is 1.05. The van der Waals surface area contributed by atoms with E-state index in [2.05, 4.69) is 27.3 Å². The molecule has 1 saturated carbocycles. The number of carbonyl (C=O) groups excluding carboxylic acids is 3. The number of fused-ring (bicyclic) bond motifs is 3. The summed E-state index contributed by atoms with van der Waals surface area (Å²) in [5.41, 5.74) is 1.05. The van der Waals surface area contributed by atoms with E-state index in [1.54, 1.807) is 24.5 Å². The number of rotatable bonds is 8. The van der Waals surface area contributed by atoms with Crippen LogP contribution in [0.1, 0.15) is 49.1 Å². The molecular weight excluding hydrogens is 578 g/mol. The number of hydrogen-bond acceptors (Lipinski definition) is 8. The minimum atomic E-state index is -0.834. The summed E-state index contributed by atoms with van der Waals surface area (Å²) < 4.78 is 12.5. The smallest absolute Gasteiger partial charge is 0.257 e. The molecule has 2 heterocycles. The Morgan fingerprint density at radius 2 is 1.98 bits per heavy atom. The summed E-state index contributed by atoms with van der Waals surface area (Å²) in [4.78, 5) is 44.2. The molecule has 0 spiro atoms. The quantitative estimate of drug-likeness (QED) is 0.284. The van der Waals surface area contributed by atoms with Crippen molar-refractivity contribution in [2.75, 3.05) is 46.4 Å². The summed E-state index contributed by atoms with van der Waals surface area (Å²) in [5, 5.41) is 13.5. The third kappa shape index (κ3) is 8.92. The van der Waals surface area contributed by atoms with Gasteiger partial charge >= 0.3 is 0 Å². The molecule has 2 aromatic carbocycles. The molecule has 3 amide bonds. The Morgan fingerprint density at radius 1 is 1.11 bits per heavy atom. The maximum absolute atomic E-state index is 14.1. The van der Waals surface area contributed by atoms with Crippen LogP contribution in [0.4, 0.5) is 0 Å². The molecule has 1 aliphatic carbocycles. The van der Waals surface area contributed by atoms with Crippen molar-refractivity contribution in [2.24, 2.45) is 11.3 Å². The first-order valence-corrected chi connectivity index (χ1v) is 16.4. The van der Waals surface area contributed by atoms with E-state index in [4.69, 9.17) is 14.5 Å². The number of nitrogens with one attached hydrogen (secondary N) is 4. The molecule has 4 N–H and O–H groups in total. The van der Waals surface area contributed by atoms with Gasteiger partial charge in [-0.2, -0.15) is 0 Å². The zero-order chi connectivity index (χ0) is 30.8. The molecule has 236 valence electrons. The Morgan fingerprint density at radius 3 is 2.80 bits per heavy atom. The van der Waals surface area contributed by atoms with E-state index in [-0.39, 0.29) is 30.9 Å². The lowest BCUT2D eigenvalue weighted by Gasteiger charge is -2.33. The first-order valence-electron chi connectivity index (χ1n) is 15.6. The highest BCUT2D eigenvalue weighted by atomic mass is 32.1. The predicted molar refractivity (Wildman–Crippen MR) is 171 cm³/mol. The lowest BCUT2D eigenvalue weighted by Crippen LogP contribution is -2.50. The minimum Gasteiger partial charge on any atom is -0.493 e. The first-order chi connectivity index (χ1) is 21.4. The molecule has 1 unspecified atom stereocenters. The summed E-state index contributed by atoms with van der Waals surface area (Å²) >= 11 is 1.69. The number of benzene rings is 2. The van der Waals surface area contributed by atoms with Crippen molar-refractivity contribution in [2.45, 2.75) is 51.4 Å². The number of carbonyl (C=O) groups is 3. The Kier molecular flexibility index (Phi) is 11.1. The van der Waals surface area contributed by atoms with Gasteiger partial charge in [0.25, 0.3) is 5.91 Å². The van der Waals surface area contributed by atoms with Crippen molar-refractivity contribution in [3.8, 4) is 11.5 Å². The van der Waals surface area contributed by atoms with Crippen LogP contribution in [0.25, 0.3) is 10.2 Å². The number of thiazole rings is 1. The third-order valence-corrected chi connectivity index (χ3v) is 9.28. The zero-order valence-corrected chi connectivity index (χ0v) is 26.2. The van der Waals surface area contributed by atoms with Gasteiger partial charge in [-0.25, -0.2) is 4.98 Å². The van der Waals surface area contributed by atoms with Crippen LogP contribution in [0.3, 0.4) is 0 Å². The van der Waals surface area contributed by atoms with Crippen molar-refractivity contribution >= 4 is 39.3 Å². The fraction of sp³-hybridized carbons (Fsp3) is 0.515. The van der Waals surface area contributed by atoms with Gasteiger partial charge in [-0.05, 0) is 68.0 Å². The molecule has 2 bridgehead atoms. The topological polar surface area (TPSA) is 131 Å². The first kappa shape index (κ1) is 31.7. The average Bonchev–Trinajstić information content (AvgIpc) is 3.74. The molecule has 5 rings (SSSR count). The van der Waals surface area contributed by atoms with Gasteiger partial charge in [0, 0.05) is 39.0 Å². The average molecular weight is 622 g/mol. The number of aryl methyl sites for hydroxylation is 1. The molecule has 1 aliphatic heterocycles. The Balaban J connectivity index is 1.34. The van der Waals surface area contributed by atoms with Crippen LogP contribution >= 0.6 is 11.3 Å². The summed E-state index contributed by atoms with van der Waals surface area (Å²) in [7, 11) is 1.56. The second kappa shape index (κ2) is 15.3. The molecule has 3 aromatic rings. The SMILES string of the molecule is COc1ccc2cc1OCC(=O)NCCNCCCC(=O)NCC(CC1CC1)(C(=O)NCCCc1nc3ccccc3s1)C2. The number of aromatic nitrogens is 1. The van der Waals surface area contributed by atoms with E-state index >= 15 is 0 Å². The predicted octanol–water partition coefficient (Wildman–Crippen LogP) is 3.38. The minimum absolute atomic E-state index is 0.0530. The highest BCUT2D eigenvalue weighted by Gasteiger charge is 2.43. The summed E-state index contributed by atoms with van der Waals surface area (Å²) in [6.07, 6.45) is 5.85. The van der Waals surface area contributed by atoms with E-state index in [1.807, 2.05) is 30.3 Å². The summed E-state index contributed by atoms with van der Waals surface area (Å²) in [6, 6.07) is 13.7. The molecule has 44 heavy (non-hydrogen) atoms. The number of amides is 3. The molecule has 1 fully saturated rings. The molecule has 2 aliphatic rings. The number of para-hydroxylation sites is 1. The normalized spacial score (nSPS) is 20.5. The Hall–Kier alpha value is -3.70. The van der Waals surface area contributed by atoms with Gasteiger partial charge in [0.15, 0.2) is 18.1 Å². The molecule has 1 atom stereocenters. The van der Waals surface area contributed by atoms with Gasteiger partial charge in [0.05, 0.1) is 27.7 Å². The second-order valence-corrected chi connectivity index (χ2v) is 12.9. The van der Waals surface area contributed by atoms with Gasteiger partial charge in [-0.15, -0.1) is 11.3 Å². The standard InChI is InChI=1S/C33H43N5O5S/c1-42-26-13-12-24-18-27(26)43-21-30(40)35-17-16-34-14-4-8-29(39)37-22-33(20-24,19-23-10-11-23)32(41)36-15-5-9-31-38-25-6-2-3-7-28(25)44-31/h2-3,6-7,12-13,18,23,34H,4-5,8-11,14-17,19-22H2,1H3,(H,35,40)(H,36,41)(H,37,39). The number of hydrogen-bond donors (Lipinski definition) is 4. The Labute approximate surface area is 262 Å². The highest BCUT2D eigenvalue weighted by molar-refractivity contribution is 7.18. The maximum Gasteiger partial charge on any atom is 0.257 e. The lowest BCUT2D eigenvalue weighted by atomic mass is 9.75. The van der Waals surface area contributed by atoms with Crippen molar-refractivity contribution in [3.63, 3.8) is 0 Å². The van der Waals surface area contributed by atoms with Gasteiger partial charge in [-0.3, -0.25) is 14.4 Å². The van der Waals surface area contributed by atoms with Crippen LogP contribution in [0.2, 0.25) is 0 Å². The molecule has 10 nitrogen and oxygen atoms in total. The van der Waals surface area contributed by atoms with E-state index in [9.17, 15) is 14.4 Å². The van der Waals surface area contributed by atoms with Crippen molar-refractivity contribution in [1.29, 1.82) is 0 Å². The molecular formula is C33H43N5O5S.